The number of hydrogen-bond donors (Lipinski definition) is 2. The van der Waals surface area contributed by atoms with Gasteiger partial charge >= 0.3 is 0 Å². The van der Waals surface area contributed by atoms with Crippen LogP contribution in [-0.4, -0.2) is 50.2 Å². The van der Waals surface area contributed by atoms with Gasteiger partial charge in [0.15, 0.2) is 0 Å². The summed E-state index contributed by atoms with van der Waals surface area (Å²) in [4.78, 5) is 14.5. The van der Waals surface area contributed by atoms with Crippen LogP contribution in [0.15, 0.2) is 24.3 Å². The van der Waals surface area contributed by atoms with Crippen LogP contribution in [0.25, 0.3) is 0 Å². The molecule has 1 aliphatic rings. The summed E-state index contributed by atoms with van der Waals surface area (Å²) in [5.74, 6) is 0.109. The predicted octanol–water partition coefficient (Wildman–Crippen LogP) is 2.74. The van der Waals surface area contributed by atoms with Crippen molar-refractivity contribution in [2.45, 2.75) is 38.1 Å². The Bertz CT molecular complexity index is 521. The highest BCUT2D eigenvalue weighted by Crippen LogP contribution is 2.27. The molecule has 0 spiro atoms. The number of carbonyl (C=O) groups is 1. The van der Waals surface area contributed by atoms with Crippen LogP contribution in [-0.2, 0) is 9.53 Å². The zero-order valence-corrected chi connectivity index (χ0v) is 15.6. The maximum absolute atomic E-state index is 12.2. The van der Waals surface area contributed by atoms with Gasteiger partial charge in [0.25, 0.3) is 0 Å². The molecule has 1 aromatic rings. The molecule has 1 fully saturated rings. The summed E-state index contributed by atoms with van der Waals surface area (Å²) in [6.45, 7) is 4.44. The summed E-state index contributed by atoms with van der Waals surface area (Å²) in [6.07, 6.45) is 4.68. The van der Waals surface area contributed by atoms with Crippen LogP contribution >= 0.6 is 11.6 Å². The molecule has 0 aromatic heterocycles. The molecule has 1 amide bonds. The number of nitrogens with zero attached hydrogens (tertiary/aromatic N) is 1. The Morgan fingerprint density at radius 1 is 1.20 bits per heavy atom. The zero-order chi connectivity index (χ0) is 17.9. The van der Waals surface area contributed by atoms with Crippen LogP contribution in [0.1, 0.15) is 43.7 Å². The van der Waals surface area contributed by atoms with Crippen LogP contribution < -0.4 is 11.1 Å². The van der Waals surface area contributed by atoms with Gasteiger partial charge in [-0.1, -0.05) is 42.6 Å². The maximum atomic E-state index is 12.2. The number of hydrogen-bond acceptors (Lipinski definition) is 4. The highest BCUT2D eigenvalue weighted by atomic mass is 35.5. The summed E-state index contributed by atoms with van der Waals surface area (Å²) < 4.78 is 5.46. The third-order valence-electron chi connectivity index (χ3n) is 4.60. The minimum absolute atomic E-state index is 0.0822. The van der Waals surface area contributed by atoms with Gasteiger partial charge < -0.3 is 15.8 Å². The standard InChI is InChI=1S/C19H30ClN3O2/c20-17-8-5-4-7-16(17)18(23-11-13-25-14-12-23)15-22-19(24)9-3-1-2-6-10-21/h4-5,7-8,18H,1-3,6,9-15,21H2,(H,22,24). The van der Waals surface area contributed by atoms with Crippen molar-refractivity contribution in [3.8, 4) is 0 Å². The Kier molecular flexibility index (Phi) is 9.26. The zero-order valence-electron chi connectivity index (χ0n) is 14.9. The lowest BCUT2D eigenvalue weighted by Crippen LogP contribution is -2.43. The quantitative estimate of drug-likeness (QED) is 0.624. The first-order chi connectivity index (χ1) is 12.2. The van der Waals surface area contributed by atoms with Crippen molar-refractivity contribution in [3.05, 3.63) is 34.9 Å². The minimum Gasteiger partial charge on any atom is -0.379 e. The third-order valence-corrected chi connectivity index (χ3v) is 4.95. The van der Waals surface area contributed by atoms with E-state index in [9.17, 15) is 4.79 Å². The first-order valence-electron chi connectivity index (χ1n) is 9.25. The number of ether oxygens (including phenoxy) is 1. The molecule has 0 bridgehead atoms. The molecule has 1 saturated heterocycles. The molecule has 6 heteroatoms. The van der Waals surface area contributed by atoms with Gasteiger partial charge in [-0.25, -0.2) is 0 Å². The third kappa shape index (κ3) is 6.94. The van der Waals surface area contributed by atoms with Gasteiger partial charge in [0, 0.05) is 31.1 Å². The number of carbonyl (C=O) groups excluding carboxylic acids is 1. The van der Waals surface area contributed by atoms with E-state index in [2.05, 4.69) is 10.2 Å². The second-order valence-electron chi connectivity index (χ2n) is 6.44. The molecule has 0 aliphatic carbocycles. The first kappa shape index (κ1) is 20.2. The molecule has 1 unspecified atom stereocenters. The van der Waals surface area contributed by atoms with E-state index in [1.165, 1.54) is 0 Å². The summed E-state index contributed by atoms with van der Waals surface area (Å²) in [5.41, 5.74) is 6.55. The van der Waals surface area contributed by atoms with Crippen molar-refractivity contribution >= 4 is 17.5 Å². The molecule has 1 aliphatic heterocycles. The van der Waals surface area contributed by atoms with Crippen LogP contribution in [0.4, 0.5) is 0 Å². The SMILES string of the molecule is NCCCCCCC(=O)NCC(c1ccccc1Cl)N1CCOCC1. The Balaban J connectivity index is 1.88. The fraction of sp³-hybridized carbons (Fsp3) is 0.632. The van der Waals surface area contributed by atoms with Crippen molar-refractivity contribution in [2.24, 2.45) is 5.73 Å². The van der Waals surface area contributed by atoms with Gasteiger partial charge in [0.1, 0.15) is 0 Å². The molecule has 2 rings (SSSR count). The number of rotatable bonds is 10. The Morgan fingerprint density at radius 3 is 2.64 bits per heavy atom. The van der Waals surface area contributed by atoms with Gasteiger partial charge in [-0.3, -0.25) is 9.69 Å². The summed E-state index contributed by atoms with van der Waals surface area (Å²) >= 11 is 6.40. The molecule has 1 heterocycles. The minimum atomic E-state index is 0.0822. The van der Waals surface area contributed by atoms with Crippen molar-refractivity contribution in [2.75, 3.05) is 39.4 Å². The molecular formula is C19H30ClN3O2. The van der Waals surface area contributed by atoms with E-state index in [1.807, 2.05) is 24.3 Å². The average molecular weight is 368 g/mol. The van der Waals surface area contributed by atoms with Crippen molar-refractivity contribution in [3.63, 3.8) is 0 Å². The van der Waals surface area contributed by atoms with Crippen LogP contribution in [0.2, 0.25) is 5.02 Å². The second-order valence-corrected chi connectivity index (χ2v) is 6.85. The van der Waals surface area contributed by atoms with Gasteiger partial charge in [-0.2, -0.15) is 0 Å². The summed E-state index contributed by atoms with van der Waals surface area (Å²) in [6, 6.07) is 7.96. The van der Waals surface area contributed by atoms with E-state index in [0.717, 1.165) is 69.1 Å². The normalized spacial score (nSPS) is 16.6. The number of nitrogens with one attached hydrogen (secondary N) is 1. The topological polar surface area (TPSA) is 67.6 Å². The fourth-order valence-electron chi connectivity index (χ4n) is 3.15. The van der Waals surface area contributed by atoms with E-state index in [4.69, 9.17) is 22.1 Å². The average Bonchev–Trinajstić information content (AvgIpc) is 2.64. The van der Waals surface area contributed by atoms with Gasteiger partial charge in [0.2, 0.25) is 5.91 Å². The van der Waals surface area contributed by atoms with Crippen LogP contribution in [0.3, 0.4) is 0 Å². The number of nitrogens with two attached hydrogens (primary N) is 1. The molecule has 0 radical (unpaired) electrons. The molecule has 5 nitrogen and oxygen atoms in total. The van der Waals surface area contributed by atoms with E-state index in [-0.39, 0.29) is 11.9 Å². The Labute approximate surface area is 155 Å². The molecule has 1 aromatic carbocycles. The molecule has 140 valence electrons. The van der Waals surface area contributed by atoms with Gasteiger partial charge in [-0.15, -0.1) is 0 Å². The lowest BCUT2D eigenvalue weighted by molar-refractivity contribution is -0.121. The molecular weight excluding hydrogens is 338 g/mol. The number of benzene rings is 1. The number of amides is 1. The van der Waals surface area contributed by atoms with Crippen molar-refractivity contribution in [1.82, 2.24) is 10.2 Å². The smallest absolute Gasteiger partial charge is 0.220 e. The number of unbranched alkanes of at least 4 members (excludes halogenated alkanes) is 3. The fourth-order valence-corrected chi connectivity index (χ4v) is 3.41. The van der Waals surface area contributed by atoms with Crippen LogP contribution in [0, 0.1) is 0 Å². The highest BCUT2D eigenvalue weighted by molar-refractivity contribution is 6.31. The molecule has 1 atom stereocenters. The Hall–Kier alpha value is -1.14. The van der Waals surface area contributed by atoms with Crippen molar-refractivity contribution < 1.29 is 9.53 Å². The second kappa shape index (κ2) is 11.5. The van der Waals surface area contributed by atoms with E-state index >= 15 is 0 Å². The van der Waals surface area contributed by atoms with E-state index in [1.54, 1.807) is 0 Å². The largest absolute Gasteiger partial charge is 0.379 e. The van der Waals surface area contributed by atoms with Gasteiger partial charge in [0.05, 0.1) is 19.3 Å². The monoisotopic (exact) mass is 367 g/mol. The maximum Gasteiger partial charge on any atom is 0.220 e. The highest BCUT2D eigenvalue weighted by Gasteiger charge is 2.24. The molecule has 0 saturated carbocycles. The number of morpholine rings is 1. The van der Waals surface area contributed by atoms with Crippen LogP contribution in [0.5, 0.6) is 0 Å². The Morgan fingerprint density at radius 2 is 1.92 bits per heavy atom. The van der Waals surface area contributed by atoms with Crippen molar-refractivity contribution in [1.29, 1.82) is 0 Å². The predicted molar refractivity (Wildman–Crippen MR) is 102 cm³/mol. The molecule has 3 N–H and O–H groups in total. The number of halogens is 1. The lowest BCUT2D eigenvalue weighted by Gasteiger charge is -2.35. The van der Waals surface area contributed by atoms with E-state index in [0.29, 0.717) is 13.0 Å². The van der Waals surface area contributed by atoms with E-state index < -0.39 is 0 Å². The molecule has 25 heavy (non-hydrogen) atoms. The lowest BCUT2D eigenvalue weighted by atomic mass is 10.0. The first-order valence-corrected chi connectivity index (χ1v) is 9.63. The van der Waals surface area contributed by atoms with Gasteiger partial charge in [-0.05, 0) is 31.0 Å². The summed E-state index contributed by atoms with van der Waals surface area (Å²) in [5, 5.41) is 3.84. The summed E-state index contributed by atoms with van der Waals surface area (Å²) in [7, 11) is 0.